The number of aromatic amines is 1. The van der Waals surface area contributed by atoms with Crippen molar-refractivity contribution in [2.24, 2.45) is 0 Å². The molecule has 0 aliphatic carbocycles. The van der Waals surface area contributed by atoms with Crippen molar-refractivity contribution in [1.82, 2.24) is 24.6 Å². The molecule has 0 aliphatic heterocycles. The molecule has 2 heterocycles. The van der Waals surface area contributed by atoms with Gasteiger partial charge in [0, 0.05) is 18.8 Å². The van der Waals surface area contributed by atoms with Crippen LogP contribution in [0.2, 0.25) is 0 Å². The van der Waals surface area contributed by atoms with Crippen LogP contribution in [0.3, 0.4) is 0 Å². The quantitative estimate of drug-likeness (QED) is 0.430. The highest BCUT2D eigenvalue weighted by molar-refractivity contribution is 5.99. The van der Waals surface area contributed by atoms with Crippen LogP contribution in [0.15, 0.2) is 91.1 Å². The van der Waals surface area contributed by atoms with Gasteiger partial charge in [0.25, 0.3) is 5.91 Å². The van der Waals surface area contributed by atoms with Gasteiger partial charge in [0.05, 0.1) is 29.7 Å². The minimum atomic E-state index is -0.0939. The Bertz CT molecular complexity index is 1320. The average Bonchev–Trinajstić information content (AvgIpc) is 3.43. The number of hydrogen-bond acceptors (Lipinski definition) is 3. The first-order valence-electron chi connectivity index (χ1n) is 10.5. The molecule has 0 aliphatic rings. The van der Waals surface area contributed by atoms with Crippen molar-refractivity contribution < 1.29 is 4.79 Å². The van der Waals surface area contributed by atoms with Crippen LogP contribution in [0.25, 0.3) is 22.3 Å². The monoisotopic (exact) mass is 421 g/mol. The fraction of sp³-hybridized carbons (Fsp3) is 0.115. The zero-order valence-electron chi connectivity index (χ0n) is 17.8. The van der Waals surface area contributed by atoms with Crippen LogP contribution in [-0.4, -0.2) is 37.6 Å². The fourth-order valence-corrected chi connectivity index (χ4v) is 3.82. The number of carbonyl (C=O) groups is 1. The molecule has 32 heavy (non-hydrogen) atoms. The highest BCUT2D eigenvalue weighted by atomic mass is 16.2. The maximum atomic E-state index is 13.5. The Morgan fingerprint density at radius 3 is 2.38 bits per heavy atom. The lowest BCUT2D eigenvalue weighted by molar-refractivity contribution is 0.0782. The third kappa shape index (κ3) is 4.03. The van der Waals surface area contributed by atoms with Crippen LogP contribution in [0.4, 0.5) is 0 Å². The molecule has 5 rings (SSSR count). The van der Waals surface area contributed by atoms with E-state index in [2.05, 4.69) is 22.1 Å². The van der Waals surface area contributed by atoms with Gasteiger partial charge in [-0.2, -0.15) is 5.10 Å². The lowest BCUT2D eigenvalue weighted by atomic mass is 10.1. The van der Waals surface area contributed by atoms with Crippen molar-refractivity contribution in [3.8, 4) is 11.3 Å². The topological polar surface area (TPSA) is 66.8 Å². The van der Waals surface area contributed by atoms with E-state index in [1.165, 1.54) is 0 Å². The minimum Gasteiger partial charge on any atom is -0.340 e. The molecule has 0 saturated heterocycles. The van der Waals surface area contributed by atoms with Crippen molar-refractivity contribution in [3.05, 3.63) is 108 Å². The predicted molar refractivity (Wildman–Crippen MR) is 125 cm³/mol. The van der Waals surface area contributed by atoms with Crippen LogP contribution in [0.1, 0.15) is 21.7 Å². The van der Waals surface area contributed by atoms with E-state index in [-0.39, 0.29) is 5.91 Å². The molecule has 0 radical (unpaired) electrons. The zero-order chi connectivity index (χ0) is 21.9. The zero-order valence-corrected chi connectivity index (χ0v) is 17.8. The van der Waals surface area contributed by atoms with Crippen LogP contribution in [0, 0.1) is 0 Å². The Morgan fingerprint density at radius 1 is 0.938 bits per heavy atom. The van der Waals surface area contributed by atoms with Crippen LogP contribution >= 0.6 is 0 Å². The van der Waals surface area contributed by atoms with Gasteiger partial charge in [-0.1, -0.05) is 72.8 Å². The number of amides is 1. The van der Waals surface area contributed by atoms with E-state index < -0.39 is 0 Å². The number of imidazole rings is 1. The van der Waals surface area contributed by atoms with Gasteiger partial charge in [0.15, 0.2) is 0 Å². The second kappa shape index (κ2) is 8.51. The third-order valence-corrected chi connectivity index (χ3v) is 5.40. The Kier molecular flexibility index (Phi) is 5.25. The van der Waals surface area contributed by atoms with Crippen molar-refractivity contribution in [3.63, 3.8) is 0 Å². The van der Waals surface area contributed by atoms with E-state index in [4.69, 9.17) is 5.10 Å². The largest absolute Gasteiger partial charge is 0.340 e. The number of rotatable bonds is 6. The molecule has 2 aromatic heterocycles. The van der Waals surface area contributed by atoms with Crippen LogP contribution < -0.4 is 0 Å². The lowest BCUT2D eigenvalue weighted by Crippen LogP contribution is -2.27. The summed E-state index contributed by atoms with van der Waals surface area (Å²) in [6, 6.07) is 27.8. The molecule has 0 fully saturated rings. The molecule has 6 heteroatoms. The van der Waals surface area contributed by atoms with Crippen molar-refractivity contribution in [1.29, 1.82) is 0 Å². The van der Waals surface area contributed by atoms with E-state index in [0.717, 1.165) is 28.0 Å². The van der Waals surface area contributed by atoms with Crippen LogP contribution in [-0.2, 0) is 13.1 Å². The number of nitrogens with one attached hydrogen (secondary N) is 1. The smallest absolute Gasteiger partial charge is 0.257 e. The summed E-state index contributed by atoms with van der Waals surface area (Å²) in [6.07, 6.45) is 1.84. The summed E-state index contributed by atoms with van der Waals surface area (Å²) >= 11 is 0. The number of fused-ring (bicyclic) bond motifs is 1. The normalized spacial score (nSPS) is 11.0. The first-order valence-corrected chi connectivity index (χ1v) is 10.5. The molecule has 1 N–H and O–H groups in total. The molecule has 3 aromatic carbocycles. The van der Waals surface area contributed by atoms with E-state index >= 15 is 0 Å². The summed E-state index contributed by atoms with van der Waals surface area (Å²) in [4.78, 5) is 23.0. The Hall–Kier alpha value is -4.19. The number of hydrogen-bond donors (Lipinski definition) is 1. The second-order valence-electron chi connectivity index (χ2n) is 7.80. The van der Waals surface area contributed by atoms with Crippen molar-refractivity contribution >= 4 is 16.9 Å². The molecule has 6 nitrogen and oxygen atoms in total. The molecular weight excluding hydrogens is 398 g/mol. The number of H-pyrrole nitrogens is 1. The van der Waals surface area contributed by atoms with E-state index in [1.807, 2.05) is 83.7 Å². The molecule has 0 spiro atoms. The summed E-state index contributed by atoms with van der Waals surface area (Å²) in [5.74, 6) is 0.656. The van der Waals surface area contributed by atoms with Gasteiger partial charge in [-0.05, 0) is 17.7 Å². The molecule has 0 saturated carbocycles. The molecule has 1 amide bonds. The molecule has 5 aromatic rings. The first kappa shape index (κ1) is 19.8. The summed E-state index contributed by atoms with van der Waals surface area (Å²) in [7, 11) is 1.79. The van der Waals surface area contributed by atoms with Crippen molar-refractivity contribution in [2.45, 2.75) is 13.1 Å². The maximum Gasteiger partial charge on any atom is 0.257 e. The molecule has 0 atom stereocenters. The molecular formula is C26H23N5O. The SMILES string of the molecule is CN(Cc1nc2ccccc2[nH]1)C(=O)c1cn(Cc2ccccc2)nc1-c1ccccc1. The number of carbonyl (C=O) groups excluding carboxylic acids is 1. The summed E-state index contributed by atoms with van der Waals surface area (Å²) in [6.45, 7) is 0.979. The highest BCUT2D eigenvalue weighted by Crippen LogP contribution is 2.24. The molecule has 158 valence electrons. The minimum absolute atomic E-state index is 0.0939. The van der Waals surface area contributed by atoms with Gasteiger partial charge < -0.3 is 9.88 Å². The van der Waals surface area contributed by atoms with E-state index in [1.54, 1.807) is 11.9 Å². The van der Waals surface area contributed by atoms with E-state index in [9.17, 15) is 4.79 Å². The molecule has 0 unspecified atom stereocenters. The number of nitrogens with zero attached hydrogens (tertiary/aromatic N) is 4. The summed E-state index contributed by atoms with van der Waals surface area (Å²) in [5, 5.41) is 4.77. The summed E-state index contributed by atoms with van der Waals surface area (Å²) < 4.78 is 1.83. The van der Waals surface area contributed by atoms with Gasteiger partial charge in [-0.15, -0.1) is 0 Å². The molecule has 0 bridgehead atoms. The standard InChI is InChI=1S/C26H23N5O/c1-30(18-24-27-22-14-8-9-15-23(22)28-24)26(32)21-17-31(16-19-10-4-2-5-11-19)29-25(21)20-12-6-3-7-13-20/h2-15,17H,16,18H2,1H3,(H,27,28). The van der Waals surface area contributed by atoms with Crippen LogP contribution in [0.5, 0.6) is 0 Å². The average molecular weight is 422 g/mol. The van der Waals surface area contributed by atoms with Crippen molar-refractivity contribution in [2.75, 3.05) is 7.05 Å². The Morgan fingerprint density at radius 2 is 1.62 bits per heavy atom. The Labute approximate surface area is 186 Å². The van der Waals surface area contributed by atoms with Gasteiger partial charge in [-0.25, -0.2) is 4.98 Å². The maximum absolute atomic E-state index is 13.5. The third-order valence-electron chi connectivity index (χ3n) is 5.40. The van der Waals surface area contributed by atoms with Gasteiger partial charge in [0.2, 0.25) is 0 Å². The van der Waals surface area contributed by atoms with E-state index in [0.29, 0.717) is 24.3 Å². The van der Waals surface area contributed by atoms with Gasteiger partial charge >= 0.3 is 0 Å². The number of aromatic nitrogens is 4. The van der Waals surface area contributed by atoms with Gasteiger partial charge in [0.1, 0.15) is 11.5 Å². The Balaban J connectivity index is 1.45. The van der Waals surface area contributed by atoms with Gasteiger partial charge in [-0.3, -0.25) is 9.48 Å². The number of benzene rings is 3. The lowest BCUT2D eigenvalue weighted by Gasteiger charge is -2.15. The summed E-state index contributed by atoms with van der Waals surface area (Å²) in [5.41, 5.74) is 5.16. The first-order chi connectivity index (χ1) is 15.7. The predicted octanol–water partition coefficient (Wildman–Crippen LogP) is 4.75. The second-order valence-corrected chi connectivity index (χ2v) is 7.80. The number of para-hydroxylation sites is 2. The fourth-order valence-electron chi connectivity index (χ4n) is 3.82. The highest BCUT2D eigenvalue weighted by Gasteiger charge is 2.22.